The molecule has 0 fully saturated rings. The number of halogens is 2. The summed E-state index contributed by atoms with van der Waals surface area (Å²) in [7, 11) is 1.50. The van der Waals surface area contributed by atoms with E-state index in [0.29, 0.717) is 38.0 Å². The highest BCUT2D eigenvalue weighted by molar-refractivity contribution is 6.36. The highest BCUT2D eigenvalue weighted by Gasteiger charge is 2.19. The Morgan fingerprint density at radius 3 is 2.77 bits per heavy atom. The van der Waals surface area contributed by atoms with E-state index < -0.39 is 5.97 Å². The Morgan fingerprint density at radius 1 is 1.32 bits per heavy atom. The van der Waals surface area contributed by atoms with Crippen LogP contribution in [0.15, 0.2) is 30.3 Å². The molecular formula is C15H10Cl2N2O3. The van der Waals surface area contributed by atoms with Crippen LogP contribution in [0.3, 0.4) is 0 Å². The standard InChI is InChI=1S/C15H10Cl2N2O3/c1-22-14-10(5-7(16)6-11(14)17)13-8-3-2-4-9(15(20)21)12(8)18-19-13/h2-6H,1H3,(H,18,19)(H,20,21). The molecule has 0 unspecified atom stereocenters. The van der Waals surface area contributed by atoms with Crippen molar-refractivity contribution in [2.75, 3.05) is 7.11 Å². The third-order valence-corrected chi connectivity index (χ3v) is 3.80. The number of ether oxygens (including phenoxy) is 1. The lowest BCUT2D eigenvalue weighted by Gasteiger charge is -2.09. The molecule has 0 bridgehead atoms. The molecule has 1 heterocycles. The molecular weight excluding hydrogens is 327 g/mol. The molecule has 0 saturated carbocycles. The predicted molar refractivity (Wildman–Crippen MR) is 85.1 cm³/mol. The molecule has 0 atom stereocenters. The van der Waals surface area contributed by atoms with Gasteiger partial charge in [-0.05, 0) is 18.2 Å². The fourth-order valence-electron chi connectivity index (χ4n) is 2.37. The van der Waals surface area contributed by atoms with Crippen LogP contribution in [0.2, 0.25) is 10.0 Å². The number of carboxylic acid groups (broad SMARTS) is 1. The molecule has 0 amide bonds. The van der Waals surface area contributed by atoms with E-state index in [4.69, 9.17) is 27.9 Å². The molecule has 2 aromatic carbocycles. The maximum atomic E-state index is 11.3. The van der Waals surface area contributed by atoms with Crippen LogP contribution >= 0.6 is 23.2 Å². The minimum atomic E-state index is -1.03. The number of hydrogen-bond donors (Lipinski definition) is 2. The fraction of sp³-hybridized carbons (Fsp3) is 0.0667. The van der Waals surface area contributed by atoms with Gasteiger partial charge in [-0.1, -0.05) is 35.3 Å². The van der Waals surface area contributed by atoms with Crippen molar-refractivity contribution in [3.05, 3.63) is 45.9 Å². The lowest BCUT2D eigenvalue weighted by molar-refractivity contribution is 0.0699. The van der Waals surface area contributed by atoms with Gasteiger partial charge in [-0.3, -0.25) is 5.10 Å². The minimum absolute atomic E-state index is 0.142. The van der Waals surface area contributed by atoms with E-state index in [1.807, 2.05) is 0 Å². The van der Waals surface area contributed by atoms with Crippen LogP contribution in [-0.4, -0.2) is 28.4 Å². The van der Waals surface area contributed by atoms with Crippen LogP contribution in [0.1, 0.15) is 10.4 Å². The third kappa shape index (κ3) is 2.28. The Labute approximate surface area is 135 Å². The zero-order valence-electron chi connectivity index (χ0n) is 11.4. The van der Waals surface area contributed by atoms with Crippen molar-refractivity contribution in [3.63, 3.8) is 0 Å². The van der Waals surface area contributed by atoms with E-state index >= 15 is 0 Å². The average molecular weight is 337 g/mol. The van der Waals surface area contributed by atoms with Crippen molar-refractivity contribution in [1.82, 2.24) is 10.2 Å². The summed E-state index contributed by atoms with van der Waals surface area (Å²) in [6.45, 7) is 0. The van der Waals surface area contributed by atoms with Gasteiger partial charge in [-0.25, -0.2) is 4.79 Å². The summed E-state index contributed by atoms with van der Waals surface area (Å²) in [4.78, 5) is 11.3. The average Bonchev–Trinajstić information content (AvgIpc) is 2.89. The largest absolute Gasteiger partial charge is 0.494 e. The number of aromatic nitrogens is 2. The van der Waals surface area contributed by atoms with E-state index in [1.165, 1.54) is 13.2 Å². The van der Waals surface area contributed by atoms with Crippen LogP contribution in [-0.2, 0) is 0 Å². The summed E-state index contributed by atoms with van der Waals surface area (Å²) in [6.07, 6.45) is 0. The number of methoxy groups -OCH3 is 1. The number of H-pyrrole nitrogens is 1. The summed E-state index contributed by atoms with van der Waals surface area (Å²) < 4.78 is 5.32. The lowest BCUT2D eigenvalue weighted by atomic mass is 10.0. The molecule has 0 aliphatic carbocycles. The van der Waals surface area contributed by atoms with Gasteiger partial charge in [0.15, 0.2) is 0 Å². The van der Waals surface area contributed by atoms with Crippen molar-refractivity contribution in [3.8, 4) is 17.0 Å². The Morgan fingerprint density at radius 2 is 2.09 bits per heavy atom. The molecule has 112 valence electrons. The number of hydrogen-bond acceptors (Lipinski definition) is 3. The second-order valence-electron chi connectivity index (χ2n) is 4.57. The lowest BCUT2D eigenvalue weighted by Crippen LogP contribution is -1.96. The maximum Gasteiger partial charge on any atom is 0.337 e. The summed E-state index contributed by atoms with van der Waals surface area (Å²) in [5.41, 5.74) is 1.69. The van der Waals surface area contributed by atoms with Crippen molar-refractivity contribution >= 4 is 40.1 Å². The number of carbonyl (C=O) groups is 1. The van der Waals surface area contributed by atoms with E-state index in [2.05, 4.69) is 10.2 Å². The second-order valence-corrected chi connectivity index (χ2v) is 5.42. The van der Waals surface area contributed by atoms with Crippen molar-refractivity contribution in [2.45, 2.75) is 0 Å². The third-order valence-electron chi connectivity index (χ3n) is 3.30. The first-order valence-corrected chi connectivity index (χ1v) is 7.02. The molecule has 3 rings (SSSR count). The molecule has 1 aromatic heterocycles. The predicted octanol–water partition coefficient (Wildman–Crippen LogP) is 4.24. The Hall–Kier alpha value is -2.24. The SMILES string of the molecule is COc1c(Cl)cc(Cl)cc1-c1n[nH]c2c(C(=O)O)cccc12. The van der Waals surface area contributed by atoms with Gasteiger partial charge in [-0.2, -0.15) is 5.10 Å². The van der Waals surface area contributed by atoms with Crippen LogP contribution in [0, 0.1) is 0 Å². The summed E-state index contributed by atoms with van der Waals surface area (Å²) in [5.74, 6) is -0.600. The van der Waals surface area contributed by atoms with E-state index in [1.54, 1.807) is 24.3 Å². The van der Waals surface area contributed by atoms with Gasteiger partial charge < -0.3 is 9.84 Å². The molecule has 22 heavy (non-hydrogen) atoms. The van der Waals surface area contributed by atoms with Crippen molar-refractivity contribution < 1.29 is 14.6 Å². The summed E-state index contributed by atoms with van der Waals surface area (Å²) in [6, 6.07) is 8.19. The second kappa shape index (κ2) is 5.51. The number of benzene rings is 2. The molecule has 2 N–H and O–H groups in total. The highest BCUT2D eigenvalue weighted by Crippen LogP contribution is 2.40. The normalized spacial score (nSPS) is 10.9. The van der Waals surface area contributed by atoms with Gasteiger partial charge in [0.25, 0.3) is 0 Å². The van der Waals surface area contributed by atoms with E-state index in [9.17, 15) is 9.90 Å². The number of nitrogens with zero attached hydrogens (tertiary/aromatic N) is 1. The Kier molecular flexibility index (Phi) is 3.68. The quantitative estimate of drug-likeness (QED) is 0.749. The van der Waals surface area contributed by atoms with E-state index in [-0.39, 0.29) is 5.56 Å². The fourth-order valence-corrected chi connectivity index (χ4v) is 2.94. The summed E-state index contributed by atoms with van der Waals surface area (Å²) >= 11 is 12.2. The zero-order chi connectivity index (χ0) is 15.9. The molecule has 0 aliphatic rings. The molecule has 3 aromatic rings. The maximum absolute atomic E-state index is 11.3. The van der Waals surface area contributed by atoms with Crippen molar-refractivity contribution in [2.24, 2.45) is 0 Å². The highest BCUT2D eigenvalue weighted by atomic mass is 35.5. The van der Waals surface area contributed by atoms with Gasteiger partial charge in [0.2, 0.25) is 0 Å². The van der Waals surface area contributed by atoms with Crippen LogP contribution < -0.4 is 4.74 Å². The topological polar surface area (TPSA) is 75.2 Å². The molecule has 5 nitrogen and oxygen atoms in total. The molecule has 0 radical (unpaired) electrons. The van der Waals surface area contributed by atoms with E-state index in [0.717, 1.165) is 0 Å². The molecule has 0 saturated heterocycles. The number of nitrogens with one attached hydrogen (secondary N) is 1. The first-order chi connectivity index (χ1) is 10.5. The van der Waals surface area contributed by atoms with Gasteiger partial charge >= 0.3 is 5.97 Å². The number of carboxylic acids is 1. The Bertz CT molecular complexity index is 890. The van der Waals surface area contributed by atoms with Gasteiger partial charge in [0.1, 0.15) is 11.4 Å². The number of fused-ring (bicyclic) bond motifs is 1. The minimum Gasteiger partial charge on any atom is -0.494 e. The molecule has 0 aliphatic heterocycles. The van der Waals surface area contributed by atoms with Gasteiger partial charge in [-0.15, -0.1) is 0 Å². The van der Waals surface area contributed by atoms with Gasteiger partial charge in [0.05, 0.1) is 23.2 Å². The molecule has 7 heteroatoms. The number of para-hydroxylation sites is 1. The smallest absolute Gasteiger partial charge is 0.337 e. The van der Waals surface area contributed by atoms with Crippen LogP contribution in [0.5, 0.6) is 5.75 Å². The zero-order valence-corrected chi connectivity index (χ0v) is 12.9. The van der Waals surface area contributed by atoms with Crippen LogP contribution in [0.4, 0.5) is 0 Å². The Balaban J connectivity index is 2.33. The first-order valence-electron chi connectivity index (χ1n) is 6.26. The number of aromatic carboxylic acids is 1. The number of aromatic amines is 1. The summed E-state index contributed by atoms with van der Waals surface area (Å²) in [5, 5.41) is 17.6. The van der Waals surface area contributed by atoms with Crippen molar-refractivity contribution in [1.29, 1.82) is 0 Å². The monoisotopic (exact) mass is 336 g/mol. The number of rotatable bonds is 3. The molecule has 0 spiro atoms. The van der Waals surface area contributed by atoms with Gasteiger partial charge in [0, 0.05) is 16.0 Å². The van der Waals surface area contributed by atoms with Crippen LogP contribution in [0.25, 0.3) is 22.2 Å². The first kappa shape index (κ1) is 14.7.